The lowest BCUT2D eigenvalue weighted by Gasteiger charge is -2.18. The molecule has 0 radical (unpaired) electrons. The number of rotatable bonds is 35. The molecule has 5 heteroatoms. The molecular weight excluding hydrogens is 596 g/mol. The van der Waals surface area contributed by atoms with Gasteiger partial charge >= 0.3 is 11.9 Å². The average Bonchev–Trinajstić information content (AvgIpc) is 3.08. The van der Waals surface area contributed by atoms with E-state index < -0.39 is 6.10 Å². The van der Waals surface area contributed by atoms with Crippen LogP contribution in [-0.2, 0) is 23.8 Å². The van der Waals surface area contributed by atoms with Crippen LogP contribution in [0, 0.1) is 0 Å². The second-order valence-corrected chi connectivity index (χ2v) is 12.8. The van der Waals surface area contributed by atoms with Gasteiger partial charge in [0.1, 0.15) is 6.61 Å². The van der Waals surface area contributed by atoms with Gasteiger partial charge in [0.25, 0.3) is 0 Å². The Morgan fingerprint density at radius 3 is 1.38 bits per heavy atom. The van der Waals surface area contributed by atoms with Crippen molar-refractivity contribution in [2.24, 2.45) is 0 Å². The molecule has 0 saturated heterocycles. The molecule has 0 rings (SSSR count). The van der Waals surface area contributed by atoms with E-state index >= 15 is 0 Å². The lowest BCUT2D eigenvalue weighted by molar-refractivity contribution is -0.162. The lowest BCUT2D eigenvalue weighted by atomic mass is 10.1. The summed E-state index contributed by atoms with van der Waals surface area (Å²) >= 11 is 0. The Morgan fingerprint density at radius 1 is 0.479 bits per heavy atom. The molecule has 0 bridgehead atoms. The molecular formula is C43H74O5. The van der Waals surface area contributed by atoms with Crippen molar-refractivity contribution in [2.45, 2.75) is 181 Å². The summed E-state index contributed by atoms with van der Waals surface area (Å²) in [5.74, 6) is -0.454. The Morgan fingerprint density at radius 2 is 0.896 bits per heavy atom. The van der Waals surface area contributed by atoms with Gasteiger partial charge in [-0.3, -0.25) is 9.59 Å². The molecule has 0 saturated carbocycles. The van der Waals surface area contributed by atoms with Crippen molar-refractivity contribution in [3.63, 3.8) is 0 Å². The van der Waals surface area contributed by atoms with Crippen LogP contribution in [0.15, 0.2) is 60.8 Å². The quantitative estimate of drug-likeness (QED) is 0.0381. The summed E-state index contributed by atoms with van der Waals surface area (Å²) in [7, 11) is 0. The lowest BCUT2D eigenvalue weighted by Crippen LogP contribution is -2.30. The highest BCUT2D eigenvalue weighted by Crippen LogP contribution is 2.13. The fourth-order valence-electron chi connectivity index (χ4n) is 5.16. The summed E-state index contributed by atoms with van der Waals surface area (Å²) in [5, 5.41) is 0. The van der Waals surface area contributed by atoms with E-state index in [1.54, 1.807) is 0 Å². The molecule has 5 nitrogen and oxygen atoms in total. The number of carbonyl (C=O) groups excluding carboxylic acids is 2. The van der Waals surface area contributed by atoms with Crippen LogP contribution < -0.4 is 0 Å². The normalized spacial score (nSPS) is 12.8. The largest absolute Gasteiger partial charge is 0.462 e. The zero-order valence-corrected chi connectivity index (χ0v) is 31.5. The van der Waals surface area contributed by atoms with Crippen LogP contribution in [-0.4, -0.2) is 37.9 Å². The molecule has 1 unspecified atom stereocenters. The molecule has 0 aliphatic rings. The van der Waals surface area contributed by atoms with Crippen molar-refractivity contribution in [3.05, 3.63) is 60.8 Å². The molecule has 0 heterocycles. The van der Waals surface area contributed by atoms with Gasteiger partial charge in [-0.15, -0.1) is 0 Å². The highest BCUT2D eigenvalue weighted by Gasteiger charge is 2.17. The maximum atomic E-state index is 12.5. The van der Waals surface area contributed by atoms with Gasteiger partial charge in [-0.05, 0) is 51.4 Å². The van der Waals surface area contributed by atoms with Gasteiger partial charge in [0.2, 0.25) is 0 Å². The van der Waals surface area contributed by atoms with Crippen LogP contribution in [0.5, 0.6) is 0 Å². The van der Waals surface area contributed by atoms with E-state index in [-0.39, 0.29) is 25.2 Å². The van der Waals surface area contributed by atoms with Gasteiger partial charge in [-0.1, -0.05) is 171 Å². The standard InChI is InChI=1S/C43H74O5/c1-4-7-10-13-15-17-19-20-21-22-23-25-27-29-32-35-38-46-39-41(48-43(45)37-34-30-12-9-6-3)40-47-42(44)36-33-31-28-26-24-18-16-14-11-8-5-2/h7,10,15,17,20-21,23,25,29,32,41H,4-6,8-9,11-14,16,18-19,22,24,26-28,30-31,33-40H2,1-3H3/b10-7-,17-15-,21-20-,25-23-,32-29-. The first-order valence-corrected chi connectivity index (χ1v) is 19.8. The summed E-state index contributed by atoms with van der Waals surface area (Å²) in [6.07, 6.45) is 46.9. The van der Waals surface area contributed by atoms with Crippen LogP contribution in [0.4, 0.5) is 0 Å². The zero-order chi connectivity index (χ0) is 35.0. The Labute approximate surface area is 296 Å². The minimum Gasteiger partial charge on any atom is -0.462 e. The number of allylic oxidation sites excluding steroid dienone is 9. The van der Waals surface area contributed by atoms with Crippen molar-refractivity contribution < 1.29 is 23.8 Å². The average molecular weight is 671 g/mol. The van der Waals surface area contributed by atoms with Crippen molar-refractivity contribution >= 4 is 11.9 Å². The Hall–Kier alpha value is -2.40. The SMILES string of the molecule is CC/C=C\C/C=C\C/C=C\C/C=C\C/C=C\CCOCC(COC(=O)CCCCCCCCCCCCC)OC(=O)CCCCCCC. The molecule has 0 aromatic carbocycles. The predicted molar refractivity (Wildman–Crippen MR) is 205 cm³/mol. The van der Waals surface area contributed by atoms with Crippen LogP contribution in [0.2, 0.25) is 0 Å². The first-order valence-electron chi connectivity index (χ1n) is 19.8. The molecule has 1 atom stereocenters. The van der Waals surface area contributed by atoms with Gasteiger partial charge in [-0.2, -0.15) is 0 Å². The molecule has 0 fully saturated rings. The van der Waals surface area contributed by atoms with E-state index in [4.69, 9.17) is 14.2 Å². The molecule has 48 heavy (non-hydrogen) atoms. The fraction of sp³-hybridized carbons (Fsp3) is 0.721. The van der Waals surface area contributed by atoms with Gasteiger partial charge in [0.05, 0.1) is 13.2 Å². The molecule has 0 spiro atoms. The second kappa shape index (κ2) is 39.0. The first-order chi connectivity index (χ1) is 23.6. The Balaban J connectivity index is 4.24. The van der Waals surface area contributed by atoms with Crippen molar-refractivity contribution in [1.29, 1.82) is 0 Å². The Kier molecular flexibility index (Phi) is 37.1. The van der Waals surface area contributed by atoms with Crippen LogP contribution in [0.25, 0.3) is 0 Å². The van der Waals surface area contributed by atoms with Gasteiger partial charge in [0, 0.05) is 12.8 Å². The smallest absolute Gasteiger partial charge is 0.306 e. The summed E-state index contributed by atoms with van der Waals surface area (Å²) in [6, 6.07) is 0. The maximum Gasteiger partial charge on any atom is 0.306 e. The number of ether oxygens (including phenoxy) is 3. The second-order valence-electron chi connectivity index (χ2n) is 12.8. The topological polar surface area (TPSA) is 61.8 Å². The predicted octanol–water partition coefficient (Wildman–Crippen LogP) is 12.7. The zero-order valence-electron chi connectivity index (χ0n) is 31.5. The van der Waals surface area contributed by atoms with Crippen molar-refractivity contribution in [2.75, 3.05) is 19.8 Å². The first kappa shape index (κ1) is 45.6. The molecule has 276 valence electrons. The fourth-order valence-corrected chi connectivity index (χ4v) is 5.16. The molecule has 0 amide bonds. The van der Waals surface area contributed by atoms with Crippen molar-refractivity contribution in [1.82, 2.24) is 0 Å². The van der Waals surface area contributed by atoms with Gasteiger partial charge in [-0.25, -0.2) is 0 Å². The summed E-state index contributed by atoms with van der Waals surface area (Å²) in [4.78, 5) is 24.8. The minimum atomic E-state index is -0.567. The van der Waals surface area contributed by atoms with Crippen LogP contribution >= 0.6 is 0 Å². The molecule has 0 aliphatic carbocycles. The third-order valence-corrected chi connectivity index (χ3v) is 8.09. The number of hydrogen-bond acceptors (Lipinski definition) is 5. The monoisotopic (exact) mass is 671 g/mol. The maximum absolute atomic E-state index is 12.5. The third kappa shape index (κ3) is 36.4. The van der Waals surface area contributed by atoms with E-state index in [0.717, 1.165) is 70.6 Å². The minimum absolute atomic E-state index is 0.0557. The van der Waals surface area contributed by atoms with Crippen molar-refractivity contribution in [3.8, 4) is 0 Å². The third-order valence-electron chi connectivity index (χ3n) is 8.09. The molecule has 0 aromatic heterocycles. The molecule has 0 aromatic rings. The van der Waals surface area contributed by atoms with E-state index in [1.807, 2.05) is 0 Å². The molecule has 0 aliphatic heterocycles. The summed E-state index contributed by atoms with van der Waals surface area (Å²) in [5.41, 5.74) is 0. The summed E-state index contributed by atoms with van der Waals surface area (Å²) in [6.45, 7) is 7.41. The van der Waals surface area contributed by atoms with Gasteiger partial charge < -0.3 is 14.2 Å². The Bertz CT molecular complexity index is 853. The van der Waals surface area contributed by atoms with Crippen LogP contribution in [0.3, 0.4) is 0 Å². The van der Waals surface area contributed by atoms with Gasteiger partial charge in [0.15, 0.2) is 6.10 Å². The van der Waals surface area contributed by atoms with E-state index in [2.05, 4.69) is 81.5 Å². The number of esters is 2. The van der Waals surface area contributed by atoms with E-state index in [0.29, 0.717) is 19.4 Å². The van der Waals surface area contributed by atoms with E-state index in [1.165, 1.54) is 70.6 Å². The summed E-state index contributed by atoms with van der Waals surface area (Å²) < 4.78 is 17.0. The highest BCUT2D eigenvalue weighted by molar-refractivity contribution is 5.70. The number of unbranched alkanes of at least 4 members (excludes halogenated alkanes) is 14. The van der Waals surface area contributed by atoms with E-state index in [9.17, 15) is 9.59 Å². The molecule has 0 N–H and O–H groups in total. The number of carbonyl (C=O) groups is 2. The van der Waals surface area contributed by atoms with Crippen LogP contribution in [0.1, 0.15) is 175 Å². The number of hydrogen-bond donors (Lipinski definition) is 0. The highest BCUT2D eigenvalue weighted by atomic mass is 16.6.